The Morgan fingerprint density at radius 1 is 1.42 bits per heavy atom. The van der Waals surface area contributed by atoms with E-state index in [0.717, 1.165) is 25.4 Å². The van der Waals surface area contributed by atoms with Gasteiger partial charge < -0.3 is 15.2 Å². The number of nitrogens with zero attached hydrogens (tertiary/aromatic N) is 3. The van der Waals surface area contributed by atoms with Crippen molar-refractivity contribution in [3.63, 3.8) is 0 Å². The van der Waals surface area contributed by atoms with Crippen molar-refractivity contribution in [2.24, 2.45) is 5.92 Å². The molecule has 5 heteroatoms. The number of likely N-dealkylation sites (tertiary alicyclic amines) is 1. The minimum atomic E-state index is 0.545. The van der Waals surface area contributed by atoms with E-state index in [1.807, 2.05) is 6.33 Å². The van der Waals surface area contributed by atoms with E-state index >= 15 is 0 Å². The van der Waals surface area contributed by atoms with Gasteiger partial charge in [0.05, 0.1) is 17.7 Å². The third-order valence-corrected chi connectivity index (χ3v) is 4.60. The predicted octanol–water partition coefficient (Wildman–Crippen LogP) is 0.306. The van der Waals surface area contributed by atoms with Gasteiger partial charge in [0.2, 0.25) is 0 Å². The minimum absolute atomic E-state index is 0.545. The van der Waals surface area contributed by atoms with Crippen molar-refractivity contribution in [1.82, 2.24) is 25.1 Å². The van der Waals surface area contributed by atoms with Crippen LogP contribution in [0.2, 0.25) is 0 Å². The first-order valence-corrected chi connectivity index (χ1v) is 7.26. The van der Waals surface area contributed by atoms with Gasteiger partial charge in [-0.1, -0.05) is 6.92 Å². The smallest absolute Gasteiger partial charge is 0.0925 e. The Labute approximate surface area is 115 Å². The van der Waals surface area contributed by atoms with Crippen molar-refractivity contribution in [3.05, 3.63) is 17.7 Å². The van der Waals surface area contributed by atoms with Crippen LogP contribution < -0.4 is 5.32 Å². The zero-order chi connectivity index (χ0) is 13.4. The Morgan fingerprint density at radius 2 is 2.26 bits per heavy atom. The summed E-state index contributed by atoms with van der Waals surface area (Å²) in [5.41, 5.74) is 2.51. The molecule has 19 heavy (non-hydrogen) atoms. The molecule has 1 aromatic rings. The van der Waals surface area contributed by atoms with Gasteiger partial charge in [-0.3, -0.25) is 4.90 Å². The zero-order valence-electron chi connectivity index (χ0n) is 12.2. The number of imidazole rings is 1. The lowest BCUT2D eigenvalue weighted by Gasteiger charge is -2.28. The number of likely N-dealkylation sites (N-methyl/N-ethyl adjacent to an activating group) is 1. The van der Waals surface area contributed by atoms with Gasteiger partial charge in [-0.15, -0.1) is 0 Å². The topological polar surface area (TPSA) is 47.2 Å². The van der Waals surface area contributed by atoms with Gasteiger partial charge in [-0.05, 0) is 20.0 Å². The molecule has 1 saturated heterocycles. The van der Waals surface area contributed by atoms with Crippen LogP contribution in [-0.2, 0) is 13.0 Å². The summed E-state index contributed by atoms with van der Waals surface area (Å²) in [7, 11) is 4.39. The van der Waals surface area contributed by atoms with Crippen LogP contribution in [0.3, 0.4) is 0 Å². The van der Waals surface area contributed by atoms with E-state index in [-0.39, 0.29) is 0 Å². The Bertz CT molecular complexity index is 427. The maximum Gasteiger partial charge on any atom is 0.0925 e. The summed E-state index contributed by atoms with van der Waals surface area (Å²) in [6.45, 7) is 6.85. The molecule has 3 unspecified atom stereocenters. The maximum absolute atomic E-state index is 4.42. The van der Waals surface area contributed by atoms with E-state index in [2.05, 4.69) is 46.1 Å². The number of aromatic nitrogens is 2. The highest BCUT2D eigenvalue weighted by Gasteiger charge is 2.32. The van der Waals surface area contributed by atoms with Crippen LogP contribution in [0.15, 0.2) is 6.33 Å². The minimum Gasteiger partial charge on any atom is -0.347 e. The first-order valence-electron chi connectivity index (χ1n) is 7.26. The van der Waals surface area contributed by atoms with Crippen LogP contribution in [0.25, 0.3) is 0 Å². The van der Waals surface area contributed by atoms with Crippen LogP contribution in [-0.4, -0.2) is 65.6 Å². The molecule has 0 aromatic carbocycles. The van der Waals surface area contributed by atoms with Gasteiger partial charge in [0, 0.05) is 44.7 Å². The zero-order valence-corrected chi connectivity index (χ0v) is 12.2. The lowest BCUT2D eigenvalue weighted by atomic mass is 10.1. The molecular formula is C14H25N5. The van der Waals surface area contributed by atoms with E-state index in [1.54, 1.807) is 0 Å². The number of hydrogen-bond acceptors (Lipinski definition) is 4. The Morgan fingerprint density at radius 3 is 3.00 bits per heavy atom. The van der Waals surface area contributed by atoms with Crippen molar-refractivity contribution in [3.8, 4) is 0 Å². The Kier molecular flexibility index (Phi) is 3.60. The second-order valence-electron chi connectivity index (χ2n) is 6.34. The second kappa shape index (κ2) is 5.23. The van der Waals surface area contributed by atoms with Gasteiger partial charge in [0.15, 0.2) is 0 Å². The molecule has 1 aromatic heterocycles. The molecule has 5 nitrogen and oxygen atoms in total. The molecule has 0 amide bonds. The number of nitrogens with one attached hydrogen (secondary N) is 2. The molecule has 0 saturated carbocycles. The third kappa shape index (κ3) is 2.68. The van der Waals surface area contributed by atoms with Gasteiger partial charge in [0.25, 0.3) is 0 Å². The summed E-state index contributed by atoms with van der Waals surface area (Å²) in [6.07, 6.45) is 2.87. The fourth-order valence-corrected chi connectivity index (χ4v) is 3.54. The van der Waals surface area contributed by atoms with Gasteiger partial charge in [-0.25, -0.2) is 4.98 Å². The normalized spacial score (nSPS) is 31.9. The highest BCUT2D eigenvalue weighted by atomic mass is 15.2. The van der Waals surface area contributed by atoms with Gasteiger partial charge in [0.1, 0.15) is 0 Å². The molecule has 3 heterocycles. The maximum atomic E-state index is 4.42. The first kappa shape index (κ1) is 13.1. The van der Waals surface area contributed by atoms with Crippen LogP contribution in [0, 0.1) is 5.92 Å². The molecule has 2 N–H and O–H groups in total. The Hall–Kier alpha value is -0.910. The van der Waals surface area contributed by atoms with Crippen LogP contribution >= 0.6 is 0 Å². The highest BCUT2D eigenvalue weighted by Crippen LogP contribution is 2.21. The van der Waals surface area contributed by atoms with E-state index in [1.165, 1.54) is 24.5 Å². The van der Waals surface area contributed by atoms with Crippen molar-refractivity contribution in [1.29, 1.82) is 0 Å². The van der Waals surface area contributed by atoms with Crippen molar-refractivity contribution >= 4 is 0 Å². The van der Waals surface area contributed by atoms with E-state index < -0.39 is 0 Å². The molecule has 106 valence electrons. The molecule has 0 aliphatic carbocycles. The molecule has 3 rings (SSSR count). The van der Waals surface area contributed by atoms with Crippen molar-refractivity contribution in [2.75, 3.05) is 33.7 Å². The van der Waals surface area contributed by atoms with Crippen molar-refractivity contribution in [2.45, 2.75) is 32.0 Å². The lowest BCUT2D eigenvalue weighted by Crippen LogP contribution is -2.44. The van der Waals surface area contributed by atoms with E-state index in [4.69, 9.17) is 0 Å². The second-order valence-corrected chi connectivity index (χ2v) is 6.34. The Balaban J connectivity index is 1.56. The molecule has 0 bridgehead atoms. The molecular weight excluding hydrogens is 238 g/mol. The molecule has 2 aliphatic heterocycles. The lowest BCUT2D eigenvalue weighted by molar-refractivity contribution is 0.240. The summed E-state index contributed by atoms with van der Waals surface area (Å²) in [6, 6.07) is 1.24. The summed E-state index contributed by atoms with van der Waals surface area (Å²) in [5, 5.41) is 3.62. The van der Waals surface area contributed by atoms with Crippen molar-refractivity contribution < 1.29 is 0 Å². The molecule has 1 fully saturated rings. The average molecular weight is 263 g/mol. The number of hydrogen-bond donors (Lipinski definition) is 2. The number of H-pyrrole nitrogens is 1. The van der Waals surface area contributed by atoms with E-state index in [0.29, 0.717) is 12.1 Å². The molecule has 0 radical (unpaired) electrons. The molecule has 2 aliphatic rings. The number of rotatable bonds is 3. The van der Waals surface area contributed by atoms with Crippen LogP contribution in [0.5, 0.6) is 0 Å². The number of aromatic amines is 1. The fraction of sp³-hybridized carbons (Fsp3) is 0.786. The third-order valence-electron chi connectivity index (χ3n) is 4.60. The van der Waals surface area contributed by atoms with Crippen LogP contribution in [0.4, 0.5) is 0 Å². The summed E-state index contributed by atoms with van der Waals surface area (Å²) >= 11 is 0. The largest absolute Gasteiger partial charge is 0.347 e. The number of fused-ring (bicyclic) bond motifs is 1. The summed E-state index contributed by atoms with van der Waals surface area (Å²) in [5.74, 6) is 0.763. The first-order chi connectivity index (χ1) is 9.13. The highest BCUT2D eigenvalue weighted by molar-refractivity contribution is 5.16. The van der Waals surface area contributed by atoms with Gasteiger partial charge >= 0.3 is 0 Å². The predicted molar refractivity (Wildman–Crippen MR) is 76.0 cm³/mol. The monoisotopic (exact) mass is 263 g/mol. The molecule has 0 spiro atoms. The standard InChI is InChI=1S/C14H25N5/c1-10-6-19(8-14(10)18(2)3)7-11-4-12-13(5-15-11)17-9-16-12/h9-11,14-15H,4-8H2,1-3H3,(H,16,17). The van der Waals surface area contributed by atoms with Crippen LogP contribution in [0.1, 0.15) is 18.3 Å². The summed E-state index contributed by atoms with van der Waals surface area (Å²) in [4.78, 5) is 12.6. The quantitative estimate of drug-likeness (QED) is 0.824. The summed E-state index contributed by atoms with van der Waals surface area (Å²) < 4.78 is 0. The van der Waals surface area contributed by atoms with E-state index in [9.17, 15) is 0 Å². The van der Waals surface area contributed by atoms with Gasteiger partial charge in [-0.2, -0.15) is 0 Å². The SMILES string of the molecule is CC1CN(CC2Cc3nc[nH]c3CN2)CC1N(C)C. The fourth-order valence-electron chi connectivity index (χ4n) is 3.54. The average Bonchev–Trinajstić information content (AvgIpc) is 2.95. The molecule has 3 atom stereocenters.